The summed E-state index contributed by atoms with van der Waals surface area (Å²) in [6.07, 6.45) is 1.25. The van der Waals surface area contributed by atoms with Crippen LogP contribution in [0.4, 0.5) is 0 Å². The molecule has 0 aliphatic carbocycles. The fraction of sp³-hybridized carbons (Fsp3) is 0.625. The third kappa shape index (κ3) is 3.18. The maximum atomic E-state index is 8.90. The van der Waals surface area contributed by atoms with Crippen molar-refractivity contribution in [1.29, 1.82) is 0 Å². The fourth-order valence-corrected chi connectivity index (χ4v) is 0.354. The van der Waals surface area contributed by atoms with E-state index in [-0.39, 0.29) is 12.0 Å². The van der Waals surface area contributed by atoms with Crippen molar-refractivity contribution in [3.63, 3.8) is 0 Å². The number of aliphatic hydroxyl groups excluding tert-OH is 1. The molecular weight excluding hydrogens is 142 g/mol. The minimum absolute atomic E-state index is 0.0584. The molecule has 0 aliphatic heterocycles. The minimum atomic E-state index is -0.316. The highest BCUT2D eigenvalue weighted by molar-refractivity contribution is 5.86. The largest absolute Gasteiger partial charge is 0.395 e. The molecule has 3 heteroatoms. The van der Waals surface area contributed by atoms with Gasteiger partial charge < -0.3 is 9.94 Å². The molecule has 11 heavy (non-hydrogen) atoms. The van der Waals surface area contributed by atoms with Crippen LogP contribution < -0.4 is 0 Å². The molecule has 0 atom stereocenters. The summed E-state index contributed by atoms with van der Waals surface area (Å²) in [5.41, 5.74) is 0.433. The Bertz CT molecular complexity index is 161. The van der Waals surface area contributed by atoms with Crippen molar-refractivity contribution in [2.24, 2.45) is 10.6 Å². The predicted molar refractivity (Wildman–Crippen MR) is 45.3 cm³/mol. The van der Waals surface area contributed by atoms with Gasteiger partial charge in [-0.2, -0.15) is 0 Å². The first-order valence-corrected chi connectivity index (χ1v) is 3.47. The lowest BCUT2D eigenvalue weighted by Gasteiger charge is -2.19. The van der Waals surface area contributed by atoms with Crippen LogP contribution >= 0.6 is 0 Å². The van der Waals surface area contributed by atoms with Crippen molar-refractivity contribution in [3.8, 4) is 0 Å². The molecule has 0 unspecified atom stereocenters. The van der Waals surface area contributed by atoms with Crippen molar-refractivity contribution in [1.82, 2.24) is 0 Å². The van der Waals surface area contributed by atoms with Crippen molar-refractivity contribution in [2.45, 2.75) is 20.8 Å². The van der Waals surface area contributed by atoms with E-state index in [1.54, 1.807) is 6.92 Å². The third-order valence-electron chi connectivity index (χ3n) is 1.64. The van der Waals surface area contributed by atoms with Gasteiger partial charge in [-0.05, 0) is 6.92 Å². The lowest BCUT2D eigenvalue weighted by Crippen LogP contribution is -2.25. The number of oxime groups is 1. The highest BCUT2D eigenvalue weighted by atomic mass is 16.6. The van der Waals surface area contributed by atoms with Gasteiger partial charge in [0.15, 0.2) is 0 Å². The highest BCUT2D eigenvalue weighted by Gasteiger charge is 2.20. The molecule has 0 saturated heterocycles. The van der Waals surface area contributed by atoms with Gasteiger partial charge in [-0.1, -0.05) is 25.6 Å². The van der Waals surface area contributed by atoms with Crippen LogP contribution in [0.5, 0.6) is 0 Å². The van der Waals surface area contributed by atoms with E-state index in [9.17, 15) is 0 Å². The number of rotatable bonds is 4. The van der Waals surface area contributed by atoms with E-state index in [0.717, 1.165) is 5.71 Å². The molecule has 1 N–H and O–H groups in total. The molecule has 0 bridgehead atoms. The Morgan fingerprint density at radius 3 is 2.64 bits per heavy atom. The average Bonchev–Trinajstić information content (AvgIpc) is 2.00. The summed E-state index contributed by atoms with van der Waals surface area (Å²) in [5, 5.41) is 12.6. The Labute approximate surface area is 67.4 Å². The molecule has 0 rings (SSSR count). The smallest absolute Gasteiger partial charge is 0.114 e. The van der Waals surface area contributed by atoms with Crippen LogP contribution in [0.1, 0.15) is 20.8 Å². The van der Waals surface area contributed by atoms with Gasteiger partial charge in [0.1, 0.15) is 6.26 Å². The van der Waals surface area contributed by atoms with Gasteiger partial charge in [0.05, 0.1) is 12.3 Å². The monoisotopic (exact) mass is 157 g/mol. The fourth-order valence-electron chi connectivity index (χ4n) is 0.354. The molecule has 64 valence electrons. The van der Waals surface area contributed by atoms with Crippen LogP contribution in [0.25, 0.3) is 0 Å². The van der Waals surface area contributed by atoms with Crippen LogP contribution in [0, 0.1) is 5.41 Å². The first-order valence-electron chi connectivity index (χ1n) is 3.47. The lowest BCUT2D eigenvalue weighted by atomic mass is 9.90. The maximum Gasteiger partial charge on any atom is 0.114 e. The molecule has 0 amide bonds. The summed E-state index contributed by atoms with van der Waals surface area (Å²) in [4.78, 5) is 4.62. The summed E-state index contributed by atoms with van der Waals surface area (Å²) >= 11 is 0. The molecular formula is C8H15NO2. The van der Waals surface area contributed by atoms with Crippen LogP contribution in [0.15, 0.2) is 18.0 Å². The van der Waals surface area contributed by atoms with Gasteiger partial charge in [0.2, 0.25) is 0 Å². The molecule has 0 aromatic heterocycles. The van der Waals surface area contributed by atoms with Gasteiger partial charge in [-0.15, -0.1) is 0 Å². The van der Waals surface area contributed by atoms with E-state index in [1.807, 2.05) is 13.8 Å². The van der Waals surface area contributed by atoms with Crippen molar-refractivity contribution in [2.75, 3.05) is 6.61 Å². The standard InChI is InChI=1S/C8H15NO2/c1-5-11-9-7(2)8(3,4)6-10/h5,10H,1,6H2,2-4H3. The zero-order valence-electron chi connectivity index (χ0n) is 7.29. The molecule has 0 aromatic rings. The topological polar surface area (TPSA) is 41.8 Å². The van der Waals surface area contributed by atoms with E-state index in [4.69, 9.17) is 5.11 Å². The zero-order valence-corrected chi connectivity index (χ0v) is 7.29. The molecule has 0 aliphatic rings. The summed E-state index contributed by atoms with van der Waals surface area (Å²) in [6.45, 7) is 8.99. The van der Waals surface area contributed by atoms with Gasteiger partial charge in [-0.3, -0.25) is 0 Å². The van der Waals surface area contributed by atoms with Crippen LogP contribution in [0.2, 0.25) is 0 Å². The van der Waals surface area contributed by atoms with E-state index in [0.29, 0.717) is 0 Å². The Hall–Kier alpha value is -0.830. The van der Waals surface area contributed by atoms with Crippen molar-refractivity contribution < 1.29 is 9.94 Å². The highest BCUT2D eigenvalue weighted by Crippen LogP contribution is 2.16. The van der Waals surface area contributed by atoms with E-state index in [2.05, 4.69) is 16.6 Å². The summed E-state index contributed by atoms with van der Waals surface area (Å²) in [5.74, 6) is 0. The molecule has 0 radical (unpaired) electrons. The zero-order chi connectivity index (χ0) is 8.91. The normalized spacial score (nSPS) is 12.9. The van der Waals surface area contributed by atoms with Gasteiger partial charge in [0.25, 0.3) is 0 Å². The van der Waals surface area contributed by atoms with Crippen molar-refractivity contribution in [3.05, 3.63) is 12.8 Å². The summed E-state index contributed by atoms with van der Waals surface area (Å²) < 4.78 is 0. The Kier molecular flexibility index (Phi) is 3.82. The summed E-state index contributed by atoms with van der Waals surface area (Å²) in [6, 6.07) is 0. The predicted octanol–water partition coefficient (Wildman–Crippen LogP) is 1.54. The second-order valence-corrected chi connectivity index (χ2v) is 2.99. The first kappa shape index (κ1) is 10.2. The van der Waals surface area contributed by atoms with Gasteiger partial charge in [-0.25, -0.2) is 0 Å². The quantitative estimate of drug-likeness (QED) is 0.382. The van der Waals surface area contributed by atoms with Crippen LogP contribution in [-0.2, 0) is 4.84 Å². The molecule has 3 nitrogen and oxygen atoms in total. The van der Waals surface area contributed by atoms with E-state index < -0.39 is 0 Å². The number of nitrogens with zero attached hydrogens (tertiary/aromatic N) is 1. The van der Waals surface area contributed by atoms with E-state index >= 15 is 0 Å². The molecule has 0 aromatic carbocycles. The Balaban J connectivity index is 4.20. The maximum absolute atomic E-state index is 8.90. The second-order valence-electron chi connectivity index (χ2n) is 2.99. The lowest BCUT2D eigenvalue weighted by molar-refractivity contribution is 0.202. The Morgan fingerprint density at radius 1 is 1.73 bits per heavy atom. The van der Waals surface area contributed by atoms with Gasteiger partial charge in [0, 0.05) is 5.41 Å². The molecule has 0 spiro atoms. The SMILES string of the molecule is C=CON=C(C)C(C)(C)CO. The second kappa shape index (κ2) is 4.13. The third-order valence-corrected chi connectivity index (χ3v) is 1.64. The number of hydrogen-bond donors (Lipinski definition) is 1. The molecule has 0 saturated carbocycles. The van der Waals surface area contributed by atoms with Crippen LogP contribution in [0.3, 0.4) is 0 Å². The number of hydrogen-bond acceptors (Lipinski definition) is 3. The molecule has 0 heterocycles. The van der Waals surface area contributed by atoms with E-state index in [1.165, 1.54) is 6.26 Å². The summed E-state index contributed by atoms with van der Waals surface area (Å²) in [7, 11) is 0. The van der Waals surface area contributed by atoms with Gasteiger partial charge >= 0.3 is 0 Å². The first-order chi connectivity index (χ1) is 5.04. The van der Waals surface area contributed by atoms with Crippen LogP contribution in [-0.4, -0.2) is 17.4 Å². The average molecular weight is 157 g/mol. The Morgan fingerprint density at radius 2 is 2.27 bits per heavy atom. The minimum Gasteiger partial charge on any atom is -0.395 e. The van der Waals surface area contributed by atoms with Crippen molar-refractivity contribution >= 4 is 5.71 Å². The molecule has 0 fully saturated rings. The number of aliphatic hydroxyl groups is 1.